The molecule has 10 heteroatoms. The number of carbonyl (C=O) groups is 4. The van der Waals surface area contributed by atoms with Gasteiger partial charge in [0, 0.05) is 25.6 Å². The lowest BCUT2D eigenvalue weighted by molar-refractivity contribution is -0.133. The van der Waals surface area contributed by atoms with Gasteiger partial charge in [0.25, 0.3) is 0 Å². The Morgan fingerprint density at radius 2 is 1.52 bits per heavy atom. The number of likely N-dealkylation sites (N-methyl/N-ethyl adjacent to an activating group) is 1. The Hall–Kier alpha value is -2.36. The third kappa shape index (κ3) is 14.3. The smallest absolute Gasteiger partial charge is 0.312 e. The third-order valence-corrected chi connectivity index (χ3v) is 4.60. The van der Waals surface area contributed by atoms with Crippen molar-refractivity contribution in [1.29, 1.82) is 0 Å². The van der Waals surface area contributed by atoms with Crippen LogP contribution in [0.15, 0.2) is 0 Å². The molecule has 0 heterocycles. The Balaban J connectivity index is 4.76. The van der Waals surface area contributed by atoms with Crippen molar-refractivity contribution in [2.75, 3.05) is 19.6 Å². The Morgan fingerprint density at radius 3 is 2.06 bits per heavy atom. The molecule has 0 aromatic carbocycles. The fourth-order valence-corrected chi connectivity index (χ4v) is 2.93. The number of unbranched alkanes of at least 4 members (excludes halogenated alkanes) is 1. The number of amides is 5. The van der Waals surface area contributed by atoms with Crippen LogP contribution in [-0.2, 0) is 14.4 Å². The van der Waals surface area contributed by atoms with Crippen molar-refractivity contribution >= 4 is 23.8 Å². The van der Waals surface area contributed by atoms with Crippen LogP contribution in [0.25, 0.3) is 0 Å². The number of rotatable bonds is 16. The van der Waals surface area contributed by atoms with E-state index in [9.17, 15) is 19.2 Å². The maximum Gasteiger partial charge on any atom is 0.312 e. The fraction of sp³-hybridized carbons (Fsp3) is 0.810. The van der Waals surface area contributed by atoms with Gasteiger partial charge in [0.05, 0.1) is 0 Å². The summed E-state index contributed by atoms with van der Waals surface area (Å²) in [5, 5.41) is 14.0. The van der Waals surface area contributed by atoms with Crippen molar-refractivity contribution in [2.45, 2.75) is 84.8 Å². The Kier molecular flexibility index (Phi) is 15.1. The molecule has 0 spiro atoms. The first-order valence-electron chi connectivity index (χ1n) is 11.2. The van der Waals surface area contributed by atoms with Crippen molar-refractivity contribution in [3.05, 3.63) is 0 Å². The Morgan fingerprint density at radius 1 is 0.839 bits per heavy atom. The summed E-state index contributed by atoms with van der Waals surface area (Å²) in [5.74, 6) is -1.03. The molecule has 0 aliphatic rings. The molecule has 0 radical (unpaired) electrons. The molecular weight excluding hydrogens is 400 g/mol. The predicted molar refractivity (Wildman–Crippen MR) is 121 cm³/mol. The highest BCUT2D eigenvalue weighted by Gasteiger charge is 2.28. The normalized spacial score (nSPS) is 12.9. The Bertz CT molecular complexity index is 568. The SMILES string of the molecule is CCNC(=O)[C@H](CCCNC(N)=O)NC(=O)C(NC(=O)CCCCNC(C)C)C(C)C. The molecular formula is C21H42N6O4. The molecule has 0 aliphatic carbocycles. The highest BCUT2D eigenvalue weighted by Crippen LogP contribution is 2.06. The minimum absolute atomic E-state index is 0.141. The van der Waals surface area contributed by atoms with Gasteiger partial charge in [0.15, 0.2) is 0 Å². The van der Waals surface area contributed by atoms with E-state index in [0.29, 0.717) is 38.4 Å². The predicted octanol–water partition coefficient (Wildman–Crippen LogP) is 0.365. The molecule has 0 aromatic heterocycles. The first-order chi connectivity index (χ1) is 14.6. The summed E-state index contributed by atoms with van der Waals surface area (Å²) in [6.45, 7) is 11.2. The van der Waals surface area contributed by atoms with E-state index < -0.39 is 24.0 Å². The summed E-state index contributed by atoms with van der Waals surface area (Å²) in [7, 11) is 0. The highest BCUT2D eigenvalue weighted by atomic mass is 16.2. The van der Waals surface area contributed by atoms with Crippen LogP contribution in [0.5, 0.6) is 0 Å². The summed E-state index contributed by atoms with van der Waals surface area (Å²) in [6.07, 6.45) is 2.75. The molecule has 180 valence electrons. The average molecular weight is 443 g/mol. The van der Waals surface area contributed by atoms with Crippen molar-refractivity contribution < 1.29 is 19.2 Å². The number of hydrogen-bond donors (Lipinski definition) is 6. The molecule has 10 nitrogen and oxygen atoms in total. The molecule has 0 aromatic rings. The summed E-state index contributed by atoms with van der Waals surface area (Å²) in [5.41, 5.74) is 5.04. The molecule has 0 saturated carbocycles. The highest BCUT2D eigenvalue weighted by molar-refractivity contribution is 5.92. The van der Waals surface area contributed by atoms with Gasteiger partial charge in [0.1, 0.15) is 12.1 Å². The Labute approximate surface area is 186 Å². The molecule has 0 fully saturated rings. The van der Waals surface area contributed by atoms with Crippen molar-refractivity contribution in [3.8, 4) is 0 Å². The zero-order chi connectivity index (χ0) is 23.8. The average Bonchev–Trinajstić information content (AvgIpc) is 2.67. The first kappa shape index (κ1) is 28.6. The van der Waals surface area contributed by atoms with E-state index >= 15 is 0 Å². The molecule has 0 bridgehead atoms. The number of nitrogens with one attached hydrogen (secondary N) is 5. The van der Waals surface area contributed by atoms with Crippen LogP contribution in [0.1, 0.15) is 66.7 Å². The van der Waals surface area contributed by atoms with Gasteiger partial charge in [-0.1, -0.05) is 27.7 Å². The molecule has 5 amide bonds. The van der Waals surface area contributed by atoms with Crippen LogP contribution in [0.3, 0.4) is 0 Å². The lowest BCUT2D eigenvalue weighted by atomic mass is 10.0. The van der Waals surface area contributed by atoms with Crippen LogP contribution < -0.4 is 32.3 Å². The molecule has 0 rings (SSSR count). The van der Waals surface area contributed by atoms with Crippen LogP contribution in [-0.4, -0.2) is 61.5 Å². The van der Waals surface area contributed by atoms with E-state index in [-0.39, 0.29) is 17.7 Å². The van der Waals surface area contributed by atoms with E-state index in [1.54, 1.807) is 6.92 Å². The number of carbonyl (C=O) groups excluding carboxylic acids is 4. The van der Waals surface area contributed by atoms with Crippen LogP contribution in [0.2, 0.25) is 0 Å². The molecule has 2 atom stereocenters. The van der Waals surface area contributed by atoms with Gasteiger partial charge >= 0.3 is 6.03 Å². The second-order valence-electron chi connectivity index (χ2n) is 8.24. The van der Waals surface area contributed by atoms with Crippen molar-refractivity contribution in [1.82, 2.24) is 26.6 Å². The number of urea groups is 1. The number of hydrogen-bond acceptors (Lipinski definition) is 5. The zero-order valence-electron chi connectivity index (χ0n) is 19.7. The lowest BCUT2D eigenvalue weighted by Crippen LogP contribution is -2.55. The van der Waals surface area contributed by atoms with Gasteiger partial charge in [-0.2, -0.15) is 0 Å². The standard InChI is InChI=1S/C21H42N6O4/c1-6-23-19(29)16(10-9-13-25-21(22)31)26-20(30)18(14(2)3)27-17(28)11-7-8-12-24-15(4)5/h14-16,18,24H,6-13H2,1-5H3,(H,23,29)(H,26,30)(H,27,28)(H3,22,25,31)/t16-,18?/m0/s1. The van der Waals surface area contributed by atoms with E-state index in [1.165, 1.54) is 0 Å². The van der Waals surface area contributed by atoms with E-state index in [2.05, 4.69) is 40.4 Å². The van der Waals surface area contributed by atoms with Gasteiger partial charge < -0.3 is 32.3 Å². The van der Waals surface area contributed by atoms with Crippen molar-refractivity contribution in [3.63, 3.8) is 0 Å². The van der Waals surface area contributed by atoms with Crippen LogP contribution in [0.4, 0.5) is 4.79 Å². The van der Waals surface area contributed by atoms with E-state index in [4.69, 9.17) is 5.73 Å². The maximum atomic E-state index is 12.8. The topological polar surface area (TPSA) is 154 Å². The van der Waals surface area contributed by atoms with Gasteiger partial charge in [-0.25, -0.2) is 4.79 Å². The number of nitrogens with two attached hydrogens (primary N) is 1. The first-order valence-corrected chi connectivity index (χ1v) is 11.2. The summed E-state index contributed by atoms with van der Waals surface area (Å²) < 4.78 is 0. The molecule has 0 aliphatic heterocycles. The molecule has 7 N–H and O–H groups in total. The summed E-state index contributed by atoms with van der Waals surface area (Å²) >= 11 is 0. The van der Waals surface area contributed by atoms with Crippen LogP contribution >= 0.6 is 0 Å². The largest absolute Gasteiger partial charge is 0.355 e. The van der Waals surface area contributed by atoms with Gasteiger partial charge in [0.2, 0.25) is 17.7 Å². The summed E-state index contributed by atoms with van der Waals surface area (Å²) in [4.78, 5) is 48.3. The molecule has 31 heavy (non-hydrogen) atoms. The minimum atomic E-state index is -0.762. The maximum absolute atomic E-state index is 12.8. The fourth-order valence-electron chi connectivity index (χ4n) is 2.93. The number of primary amides is 1. The lowest BCUT2D eigenvalue weighted by Gasteiger charge is -2.25. The monoisotopic (exact) mass is 442 g/mol. The zero-order valence-corrected chi connectivity index (χ0v) is 19.7. The second kappa shape index (κ2) is 16.3. The van der Waals surface area contributed by atoms with E-state index in [1.807, 2.05) is 13.8 Å². The van der Waals surface area contributed by atoms with Crippen LogP contribution in [0, 0.1) is 5.92 Å². The molecule has 0 saturated heterocycles. The van der Waals surface area contributed by atoms with Gasteiger partial charge in [-0.15, -0.1) is 0 Å². The van der Waals surface area contributed by atoms with E-state index in [0.717, 1.165) is 19.4 Å². The summed E-state index contributed by atoms with van der Waals surface area (Å²) in [6, 6.07) is -1.72. The third-order valence-electron chi connectivity index (χ3n) is 4.60. The quantitative estimate of drug-likeness (QED) is 0.191. The molecule has 1 unspecified atom stereocenters. The van der Waals surface area contributed by atoms with Crippen molar-refractivity contribution in [2.24, 2.45) is 11.7 Å². The van der Waals surface area contributed by atoms with Gasteiger partial charge in [-0.3, -0.25) is 14.4 Å². The van der Waals surface area contributed by atoms with Gasteiger partial charge in [-0.05, 0) is 45.1 Å². The minimum Gasteiger partial charge on any atom is -0.355 e. The second-order valence-corrected chi connectivity index (χ2v) is 8.24.